The van der Waals surface area contributed by atoms with Crippen molar-refractivity contribution < 1.29 is 22.5 Å². The van der Waals surface area contributed by atoms with Gasteiger partial charge in [-0.1, -0.05) is 36.9 Å². The van der Waals surface area contributed by atoms with Gasteiger partial charge in [-0.15, -0.1) is 0 Å². The molecule has 0 aliphatic heterocycles. The fourth-order valence-corrected chi connectivity index (χ4v) is 5.34. The van der Waals surface area contributed by atoms with Crippen LogP contribution >= 0.6 is 0 Å². The second kappa shape index (κ2) is 8.00. The third kappa shape index (κ3) is 4.10. The molecule has 0 amide bonds. The van der Waals surface area contributed by atoms with Crippen molar-refractivity contribution in [3.63, 3.8) is 0 Å². The smallest absolute Gasteiger partial charge is 0.337 e. The summed E-state index contributed by atoms with van der Waals surface area (Å²) in [5, 5.41) is 4.03. The molecule has 0 radical (unpaired) electrons. The maximum atomic E-state index is 13.3. The number of aryl methyl sites for hydroxylation is 2. The Morgan fingerprint density at radius 2 is 1.86 bits per heavy atom. The second-order valence-electron chi connectivity index (χ2n) is 7.21. The standard InChI is InChI=1S/C19H25N3O5S/c1-13-8-9-15(17(23)26-3)12-16(13)28(24,25)22-19(10-6-4-5-7-11-19)18-20-14(2)27-21-18/h8-9,12,22H,4-7,10-11H2,1-3H3. The Morgan fingerprint density at radius 3 is 2.43 bits per heavy atom. The van der Waals surface area contributed by atoms with E-state index in [0.717, 1.165) is 25.7 Å². The summed E-state index contributed by atoms with van der Waals surface area (Å²) in [5.41, 5.74) is -0.215. The lowest BCUT2D eigenvalue weighted by molar-refractivity contribution is 0.0600. The number of carbonyl (C=O) groups is 1. The van der Waals surface area contributed by atoms with Crippen LogP contribution in [0.4, 0.5) is 0 Å². The molecule has 0 atom stereocenters. The molecule has 0 saturated heterocycles. The van der Waals surface area contributed by atoms with Crippen LogP contribution in [0.2, 0.25) is 0 Å². The Balaban J connectivity index is 2.04. The lowest BCUT2D eigenvalue weighted by Gasteiger charge is -2.30. The predicted molar refractivity (Wildman–Crippen MR) is 101 cm³/mol. The normalized spacial score (nSPS) is 17.1. The number of sulfonamides is 1. The van der Waals surface area contributed by atoms with Gasteiger partial charge < -0.3 is 9.26 Å². The largest absolute Gasteiger partial charge is 0.465 e. The zero-order chi connectivity index (χ0) is 20.4. The summed E-state index contributed by atoms with van der Waals surface area (Å²) in [6.07, 6.45) is 4.94. The number of aromatic nitrogens is 2. The van der Waals surface area contributed by atoms with Crippen LogP contribution in [0.25, 0.3) is 0 Å². The fraction of sp³-hybridized carbons (Fsp3) is 0.526. The van der Waals surface area contributed by atoms with E-state index >= 15 is 0 Å². The number of benzene rings is 1. The number of ether oxygens (including phenoxy) is 1. The van der Waals surface area contributed by atoms with Gasteiger partial charge in [0.15, 0.2) is 5.82 Å². The molecule has 0 spiro atoms. The van der Waals surface area contributed by atoms with E-state index in [1.165, 1.54) is 13.2 Å². The Labute approximate surface area is 164 Å². The summed E-state index contributed by atoms with van der Waals surface area (Å²) in [7, 11) is -2.69. The molecule has 1 heterocycles. The predicted octanol–water partition coefficient (Wildman–Crippen LogP) is 3.00. The molecule has 28 heavy (non-hydrogen) atoms. The summed E-state index contributed by atoms with van der Waals surface area (Å²) in [6.45, 7) is 3.37. The van der Waals surface area contributed by atoms with E-state index in [4.69, 9.17) is 9.26 Å². The SMILES string of the molecule is COC(=O)c1ccc(C)c(S(=O)(=O)NC2(c3noc(C)n3)CCCCCC2)c1. The first kappa shape index (κ1) is 20.5. The Morgan fingerprint density at radius 1 is 1.18 bits per heavy atom. The van der Waals surface area contributed by atoms with Crippen molar-refractivity contribution >= 4 is 16.0 Å². The molecular formula is C19H25N3O5S. The van der Waals surface area contributed by atoms with E-state index in [-0.39, 0.29) is 10.5 Å². The molecule has 9 heteroatoms. The van der Waals surface area contributed by atoms with Gasteiger partial charge in [-0.05, 0) is 37.5 Å². The van der Waals surface area contributed by atoms with Crippen molar-refractivity contribution in [2.45, 2.75) is 62.8 Å². The van der Waals surface area contributed by atoms with Crippen LogP contribution < -0.4 is 4.72 Å². The van der Waals surface area contributed by atoms with Crippen LogP contribution in [0.15, 0.2) is 27.6 Å². The molecule has 3 rings (SSSR count). The lowest BCUT2D eigenvalue weighted by atomic mass is 9.91. The first-order valence-corrected chi connectivity index (χ1v) is 10.8. The van der Waals surface area contributed by atoms with Crippen LogP contribution in [0.3, 0.4) is 0 Å². The number of hydrogen-bond donors (Lipinski definition) is 1. The van der Waals surface area contributed by atoms with E-state index in [1.807, 2.05) is 0 Å². The molecule has 0 unspecified atom stereocenters. The molecule has 2 aromatic rings. The molecule has 0 bridgehead atoms. The van der Waals surface area contributed by atoms with Crippen molar-refractivity contribution in [2.75, 3.05) is 7.11 Å². The van der Waals surface area contributed by atoms with Crippen LogP contribution in [-0.2, 0) is 20.3 Å². The molecule has 1 aliphatic rings. The Bertz CT molecular complexity index is 960. The molecule has 1 N–H and O–H groups in total. The van der Waals surface area contributed by atoms with Gasteiger partial charge >= 0.3 is 5.97 Å². The number of esters is 1. The van der Waals surface area contributed by atoms with E-state index in [1.54, 1.807) is 26.0 Å². The van der Waals surface area contributed by atoms with Crippen LogP contribution in [0.1, 0.15) is 66.2 Å². The summed E-state index contributed by atoms with van der Waals surface area (Å²) in [6, 6.07) is 4.48. The molecule has 1 aromatic carbocycles. The first-order chi connectivity index (χ1) is 13.3. The van der Waals surface area contributed by atoms with E-state index in [0.29, 0.717) is 30.1 Å². The zero-order valence-electron chi connectivity index (χ0n) is 16.3. The van der Waals surface area contributed by atoms with E-state index in [9.17, 15) is 13.2 Å². The number of rotatable bonds is 5. The van der Waals surface area contributed by atoms with Crippen molar-refractivity contribution in [1.29, 1.82) is 0 Å². The van der Waals surface area contributed by atoms with Gasteiger partial charge in [0.2, 0.25) is 15.9 Å². The molecule has 1 aliphatic carbocycles. The van der Waals surface area contributed by atoms with Crippen molar-refractivity contribution in [3.8, 4) is 0 Å². The first-order valence-electron chi connectivity index (χ1n) is 9.31. The van der Waals surface area contributed by atoms with E-state index < -0.39 is 21.5 Å². The minimum absolute atomic E-state index is 0.0410. The van der Waals surface area contributed by atoms with Crippen LogP contribution in [-0.4, -0.2) is 31.6 Å². The maximum absolute atomic E-state index is 13.3. The highest BCUT2D eigenvalue weighted by molar-refractivity contribution is 7.89. The zero-order valence-corrected chi connectivity index (χ0v) is 17.1. The summed E-state index contributed by atoms with van der Waals surface area (Å²) >= 11 is 0. The summed E-state index contributed by atoms with van der Waals surface area (Å²) in [4.78, 5) is 16.2. The molecule has 1 saturated carbocycles. The summed E-state index contributed by atoms with van der Waals surface area (Å²) < 4.78 is 39.4. The van der Waals surface area contributed by atoms with Gasteiger partial charge in [0.1, 0.15) is 0 Å². The van der Waals surface area contributed by atoms with Gasteiger partial charge in [0, 0.05) is 6.92 Å². The van der Waals surface area contributed by atoms with Gasteiger partial charge in [0.05, 0.1) is 23.1 Å². The monoisotopic (exact) mass is 407 g/mol. The Hall–Kier alpha value is -2.26. The average Bonchev–Trinajstić information content (AvgIpc) is 2.97. The van der Waals surface area contributed by atoms with Crippen LogP contribution in [0, 0.1) is 13.8 Å². The topological polar surface area (TPSA) is 111 Å². The van der Waals surface area contributed by atoms with Gasteiger partial charge in [-0.2, -0.15) is 9.71 Å². The van der Waals surface area contributed by atoms with Gasteiger partial charge in [0.25, 0.3) is 0 Å². The van der Waals surface area contributed by atoms with Crippen molar-refractivity contribution in [2.24, 2.45) is 0 Å². The van der Waals surface area contributed by atoms with Crippen molar-refractivity contribution in [3.05, 3.63) is 41.0 Å². The van der Waals surface area contributed by atoms with Crippen molar-refractivity contribution in [1.82, 2.24) is 14.9 Å². The minimum Gasteiger partial charge on any atom is -0.465 e. The third-order valence-corrected chi connectivity index (χ3v) is 6.82. The summed E-state index contributed by atoms with van der Waals surface area (Å²) in [5.74, 6) is 0.161. The number of methoxy groups -OCH3 is 1. The quantitative estimate of drug-likeness (QED) is 0.599. The second-order valence-corrected chi connectivity index (χ2v) is 8.86. The minimum atomic E-state index is -3.95. The highest BCUT2D eigenvalue weighted by Gasteiger charge is 2.41. The van der Waals surface area contributed by atoms with Gasteiger partial charge in [-0.3, -0.25) is 0 Å². The third-order valence-electron chi connectivity index (χ3n) is 5.14. The number of hydrogen-bond acceptors (Lipinski definition) is 7. The van der Waals surface area contributed by atoms with E-state index in [2.05, 4.69) is 14.9 Å². The number of nitrogens with zero attached hydrogens (tertiary/aromatic N) is 2. The molecule has 152 valence electrons. The maximum Gasteiger partial charge on any atom is 0.337 e. The number of nitrogens with one attached hydrogen (secondary N) is 1. The van der Waals surface area contributed by atoms with Gasteiger partial charge in [-0.25, -0.2) is 13.2 Å². The average molecular weight is 407 g/mol. The molecular weight excluding hydrogens is 382 g/mol. The lowest BCUT2D eigenvalue weighted by Crippen LogP contribution is -2.46. The molecule has 8 nitrogen and oxygen atoms in total. The fourth-order valence-electron chi connectivity index (χ4n) is 3.64. The van der Waals surface area contributed by atoms with Crippen LogP contribution in [0.5, 0.6) is 0 Å². The molecule has 1 aromatic heterocycles. The highest BCUT2D eigenvalue weighted by atomic mass is 32.2. The highest BCUT2D eigenvalue weighted by Crippen LogP contribution is 2.36. The number of carbonyl (C=O) groups excluding carboxylic acids is 1. The molecule has 1 fully saturated rings. The Kier molecular flexibility index (Phi) is 5.85.